The lowest BCUT2D eigenvalue weighted by atomic mass is 10.5. The summed E-state index contributed by atoms with van der Waals surface area (Å²) in [6.45, 7) is 0. The Bertz CT molecular complexity index is 215. The average Bonchev–Trinajstić information content (AvgIpc) is 2.14. The zero-order valence-corrected chi connectivity index (χ0v) is 4.60. The summed E-state index contributed by atoms with van der Waals surface area (Å²) in [6.07, 6.45) is 0. The van der Waals surface area contributed by atoms with Gasteiger partial charge in [-0.2, -0.15) is 5.16 Å². The number of nitrogens with one attached hydrogen (secondary N) is 1. The first-order chi connectivity index (χ1) is 3.84. The van der Waals surface area contributed by atoms with Crippen molar-refractivity contribution in [2.24, 2.45) is 0 Å². The quantitative estimate of drug-likeness (QED) is 0.555. The van der Waals surface area contributed by atoms with E-state index < -0.39 is 0 Å². The van der Waals surface area contributed by atoms with Gasteiger partial charge in [-0.3, -0.25) is 9.42 Å². The van der Waals surface area contributed by atoms with Crippen molar-refractivity contribution in [3.8, 4) is 0 Å². The predicted molar refractivity (Wildman–Crippen MR) is 26.7 cm³/mol. The number of H-pyrrole nitrogens is 1. The van der Waals surface area contributed by atoms with Gasteiger partial charge in [0.1, 0.15) is 0 Å². The van der Waals surface area contributed by atoms with Gasteiger partial charge in [-0.05, 0) is 0 Å². The van der Waals surface area contributed by atoms with E-state index in [1.807, 2.05) is 5.16 Å². The van der Waals surface area contributed by atoms with Crippen LogP contribution in [0.2, 0.25) is 0 Å². The molecule has 44 valence electrons. The van der Waals surface area contributed by atoms with E-state index in [-0.39, 0.29) is 17.1 Å². The minimum absolute atomic E-state index is 0.0891. The molecule has 0 fully saturated rings. The highest BCUT2D eigenvalue weighted by molar-refractivity contribution is 6.16. The number of hydrogen-bond acceptors (Lipinski definition) is 3. The second-order valence-electron chi connectivity index (χ2n) is 1.19. The van der Waals surface area contributed by atoms with Gasteiger partial charge in [0.2, 0.25) is 0 Å². The molecule has 0 saturated carbocycles. The maximum Gasteiger partial charge on any atom is 0.305 e. The van der Waals surface area contributed by atoms with Crippen LogP contribution in [-0.2, 0) is 5.88 Å². The second-order valence-corrected chi connectivity index (χ2v) is 1.46. The third-order valence-electron chi connectivity index (χ3n) is 0.683. The third-order valence-corrected chi connectivity index (χ3v) is 0.936. The van der Waals surface area contributed by atoms with Crippen molar-refractivity contribution >= 4 is 11.6 Å². The van der Waals surface area contributed by atoms with Gasteiger partial charge in [-0.1, -0.05) is 5.16 Å². The summed E-state index contributed by atoms with van der Waals surface area (Å²) in [5.41, 5.74) is -0.147. The van der Waals surface area contributed by atoms with E-state index in [9.17, 15) is 4.79 Å². The molecule has 1 rings (SSSR count). The van der Waals surface area contributed by atoms with Crippen molar-refractivity contribution in [1.82, 2.24) is 10.3 Å². The second kappa shape index (κ2) is 2.00. The van der Waals surface area contributed by atoms with E-state index in [0.717, 1.165) is 0 Å². The molecular formula is C3H3ClN2O2. The van der Waals surface area contributed by atoms with Crippen LogP contribution >= 0.6 is 11.6 Å². The molecule has 0 radical (unpaired) electrons. The van der Waals surface area contributed by atoms with Gasteiger partial charge >= 0.3 is 5.56 Å². The molecule has 1 aromatic heterocycles. The van der Waals surface area contributed by atoms with Gasteiger partial charge in [-0.25, -0.2) is 0 Å². The molecule has 4 nitrogen and oxygen atoms in total. The number of alkyl halides is 1. The largest absolute Gasteiger partial charge is 0.305 e. The lowest BCUT2D eigenvalue weighted by Crippen LogP contribution is -2.03. The van der Waals surface area contributed by atoms with Gasteiger partial charge in [0.25, 0.3) is 0 Å². The molecule has 8 heavy (non-hydrogen) atoms. The van der Waals surface area contributed by atoms with Crippen LogP contribution in [0.1, 0.15) is 5.69 Å². The van der Waals surface area contributed by atoms with Crippen LogP contribution in [0.3, 0.4) is 0 Å². The van der Waals surface area contributed by atoms with E-state index in [1.165, 1.54) is 0 Å². The van der Waals surface area contributed by atoms with Crippen LogP contribution in [0.4, 0.5) is 0 Å². The zero-order chi connectivity index (χ0) is 5.98. The molecule has 0 aliphatic carbocycles. The predicted octanol–water partition coefficient (Wildman–Crippen LogP) is 0.102. The molecule has 0 atom stereocenters. The molecule has 0 aromatic carbocycles. The molecular weight excluding hydrogens is 131 g/mol. The molecule has 0 spiro atoms. The zero-order valence-electron chi connectivity index (χ0n) is 3.85. The summed E-state index contributed by atoms with van der Waals surface area (Å²) in [4.78, 5) is 10.4. The lowest BCUT2D eigenvalue weighted by molar-refractivity contribution is 0.301. The first-order valence-corrected chi connectivity index (χ1v) is 2.47. The monoisotopic (exact) mass is 134 g/mol. The summed E-state index contributed by atoms with van der Waals surface area (Å²) < 4.78 is 4.16. The standard InChI is InChI=1S/C3H3ClN2O2/c4-1-2-3(7)6-8-5-2/h1H2,(H,6,7). The van der Waals surface area contributed by atoms with Crippen LogP contribution in [-0.4, -0.2) is 10.3 Å². The van der Waals surface area contributed by atoms with Crippen LogP contribution in [0, 0.1) is 0 Å². The van der Waals surface area contributed by atoms with Crippen molar-refractivity contribution in [1.29, 1.82) is 0 Å². The highest BCUT2D eigenvalue weighted by Gasteiger charge is 1.98. The summed E-state index contributed by atoms with van der Waals surface area (Å²) >= 11 is 5.23. The normalized spacial score (nSPS) is 9.62. The maximum absolute atomic E-state index is 10.4. The molecule has 1 aromatic rings. The molecule has 0 aliphatic rings. The van der Waals surface area contributed by atoms with Gasteiger partial charge in [0.05, 0.1) is 5.88 Å². The topological polar surface area (TPSA) is 58.9 Å². The van der Waals surface area contributed by atoms with Gasteiger partial charge in [0.15, 0.2) is 5.69 Å². The van der Waals surface area contributed by atoms with Gasteiger partial charge < -0.3 is 0 Å². The fraction of sp³-hybridized carbons (Fsp3) is 0.333. The van der Waals surface area contributed by atoms with E-state index in [1.54, 1.807) is 0 Å². The Hall–Kier alpha value is -0.770. The Balaban J connectivity index is 3.11. The van der Waals surface area contributed by atoms with E-state index >= 15 is 0 Å². The molecule has 0 amide bonds. The van der Waals surface area contributed by atoms with Crippen molar-refractivity contribution < 1.29 is 4.63 Å². The van der Waals surface area contributed by atoms with E-state index in [4.69, 9.17) is 11.6 Å². The number of aromatic nitrogens is 2. The minimum atomic E-state index is -0.361. The average molecular weight is 135 g/mol. The van der Waals surface area contributed by atoms with E-state index in [0.29, 0.717) is 0 Å². The number of nitrogens with zero attached hydrogens (tertiary/aromatic N) is 1. The van der Waals surface area contributed by atoms with Crippen LogP contribution < -0.4 is 5.56 Å². The van der Waals surface area contributed by atoms with E-state index in [2.05, 4.69) is 9.79 Å². The Morgan fingerprint density at radius 2 is 2.62 bits per heavy atom. The third kappa shape index (κ3) is 0.742. The number of halogens is 1. The van der Waals surface area contributed by atoms with Crippen molar-refractivity contribution in [2.45, 2.75) is 5.88 Å². The molecule has 1 N–H and O–H groups in total. The van der Waals surface area contributed by atoms with Crippen LogP contribution in [0.5, 0.6) is 0 Å². The molecule has 5 heteroatoms. The van der Waals surface area contributed by atoms with Crippen molar-refractivity contribution in [2.75, 3.05) is 0 Å². The summed E-state index contributed by atoms with van der Waals surface area (Å²) in [6, 6.07) is 0. The molecule has 0 unspecified atom stereocenters. The maximum atomic E-state index is 10.4. The molecule has 0 bridgehead atoms. The molecule has 1 heterocycles. The Morgan fingerprint density at radius 3 is 2.88 bits per heavy atom. The van der Waals surface area contributed by atoms with Gasteiger partial charge in [-0.15, -0.1) is 11.6 Å². The van der Waals surface area contributed by atoms with Gasteiger partial charge in [0, 0.05) is 0 Å². The highest BCUT2D eigenvalue weighted by atomic mass is 35.5. The summed E-state index contributed by atoms with van der Waals surface area (Å²) in [5, 5.41) is 5.25. The smallest absolute Gasteiger partial charge is 0.267 e. The van der Waals surface area contributed by atoms with Crippen LogP contribution in [0.15, 0.2) is 9.42 Å². The number of aromatic amines is 1. The fourth-order valence-corrected chi connectivity index (χ4v) is 0.475. The Morgan fingerprint density at radius 1 is 1.88 bits per heavy atom. The molecule has 0 aliphatic heterocycles. The summed E-state index contributed by atoms with van der Waals surface area (Å²) in [7, 11) is 0. The highest BCUT2D eigenvalue weighted by Crippen LogP contribution is 1.87. The Kier molecular flexibility index (Phi) is 1.34. The van der Waals surface area contributed by atoms with Crippen molar-refractivity contribution in [3.63, 3.8) is 0 Å². The fourth-order valence-electron chi connectivity index (χ4n) is 0.305. The SMILES string of the molecule is O=c1[nH]onc1CCl. The molecule has 0 saturated heterocycles. The first kappa shape index (κ1) is 5.37. The first-order valence-electron chi connectivity index (χ1n) is 1.94. The number of rotatable bonds is 1. The van der Waals surface area contributed by atoms with Crippen molar-refractivity contribution in [3.05, 3.63) is 16.0 Å². The Labute approximate surface area is 49.4 Å². The minimum Gasteiger partial charge on any atom is -0.267 e. The lowest BCUT2D eigenvalue weighted by Gasteiger charge is -1.70. The number of hydrogen-bond donors (Lipinski definition) is 1. The van der Waals surface area contributed by atoms with Crippen LogP contribution in [0.25, 0.3) is 0 Å². The summed E-state index contributed by atoms with van der Waals surface area (Å²) in [5.74, 6) is 0.0891.